The lowest BCUT2D eigenvalue weighted by atomic mass is 10.2. The molecular formula is C12H20ClN3OS. The van der Waals surface area contributed by atoms with E-state index in [1.165, 1.54) is 4.68 Å². The molecule has 0 radical (unpaired) electrons. The first-order valence-corrected chi connectivity index (χ1v) is 7.74. The summed E-state index contributed by atoms with van der Waals surface area (Å²) >= 11 is 7.87. The SMILES string of the molecule is CSCC(C)CNc1cnn(C(C)C)c(=O)c1Cl. The second kappa shape index (κ2) is 7.04. The molecule has 0 amide bonds. The molecule has 6 heteroatoms. The van der Waals surface area contributed by atoms with Crippen molar-refractivity contribution in [3.63, 3.8) is 0 Å². The molecule has 1 aromatic rings. The molecule has 0 aliphatic heterocycles. The van der Waals surface area contributed by atoms with E-state index in [1.54, 1.807) is 18.0 Å². The first-order valence-electron chi connectivity index (χ1n) is 5.97. The minimum absolute atomic E-state index is 0.0134. The van der Waals surface area contributed by atoms with Gasteiger partial charge in [-0.05, 0) is 31.8 Å². The molecule has 1 heterocycles. The third-order valence-electron chi connectivity index (χ3n) is 2.52. The van der Waals surface area contributed by atoms with Crippen LogP contribution in [0.15, 0.2) is 11.0 Å². The fraction of sp³-hybridized carbons (Fsp3) is 0.667. The highest BCUT2D eigenvalue weighted by molar-refractivity contribution is 7.98. The minimum Gasteiger partial charge on any atom is -0.382 e. The summed E-state index contributed by atoms with van der Waals surface area (Å²) < 4.78 is 1.39. The van der Waals surface area contributed by atoms with Gasteiger partial charge in [0.25, 0.3) is 5.56 Å². The zero-order chi connectivity index (χ0) is 13.7. The zero-order valence-electron chi connectivity index (χ0n) is 11.2. The van der Waals surface area contributed by atoms with Gasteiger partial charge >= 0.3 is 0 Å². The standard InChI is InChI=1S/C12H20ClN3OS/c1-8(2)16-12(17)11(13)10(6-15-16)14-5-9(3)7-18-4/h6,8-9,14H,5,7H2,1-4H3. The molecule has 0 saturated carbocycles. The Balaban J connectivity index is 2.80. The van der Waals surface area contributed by atoms with Crippen LogP contribution in [0, 0.1) is 5.92 Å². The Bertz CT molecular complexity index is 447. The van der Waals surface area contributed by atoms with Crippen LogP contribution in [0.2, 0.25) is 5.02 Å². The predicted octanol–water partition coefficient (Wildman–Crippen LogP) is 2.89. The smallest absolute Gasteiger partial charge is 0.287 e. The summed E-state index contributed by atoms with van der Waals surface area (Å²) in [5.41, 5.74) is 0.376. The Morgan fingerprint density at radius 3 is 2.72 bits per heavy atom. The summed E-state index contributed by atoms with van der Waals surface area (Å²) in [5, 5.41) is 7.52. The highest BCUT2D eigenvalue weighted by Crippen LogP contribution is 2.17. The van der Waals surface area contributed by atoms with Gasteiger partial charge in [-0.15, -0.1) is 0 Å². The highest BCUT2D eigenvalue weighted by atomic mass is 35.5. The van der Waals surface area contributed by atoms with Crippen LogP contribution < -0.4 is 10.9 Å². The molecule has 1 unspecified atom stereocenters. The molecule has 0 bridgehead atoms. The summed E-state index contributed by atoms with van der Waals surface area (Å²) in [4.78, 5) is 11.9. The van der Waals surface area contributed by atoms with Crippen LogP contribution in [0.4, 0.5) is 5.69 Å². The number of hydrogen-bond acceptors (Lipinski definition) is 4. The molecule has 1 atom stereocenters. The summed E-state index contributed by atoms with van der Waals surface area (Å²) in [6, 6.07) is 0.0134. The largest absolute Gasteiger partial charge is 0.382 e. The van der Waals surface area contributed by atoms with Gasteiger partial charge in [0.15, 0.2) is 0 Å². The summed E-state index contributed by atoms with van der Waals surface area (Å²) in [7, 11) is 0. The van der Waals surface area contributed by atoms with Crippen LogP contribution in [-0.4, -0.2) is 28.3 Å². The maximum Gasteiger partial charge on any atom is 0.287 e. The summed E-state index contributed by atoms with van der Waals surface area (Å²) in [5.74, 6) is 1.59. The van der Waals surface area contributed by atoms with Crippen molar-refractivity contribution in [2.24, 2.45) is 5.92 Å². The molecule has 1 aromatic heterocycles. The van der Waals surface area contributed by atoms with Crippen LogP contribution in [0.3, 0.4) is 0 Å². The Kier molecular flexibility index (Phi) is 6.02. The third kappa shape index (κ3) is 3.92. The van der Waals surface area contributed by atoms with Crippen molar-refractivity contribution in [2.75, 3.05) is 23.9 Å². The Labute approximate surface area is 117 Å². The van der Waals surface area contributed by atoms with Gasteiger partial charge in [-0.3, -0.25) is 4.79 Å². The number of nitrogens with one attached hydrogen (secondary N) is 1. The van der Waals surface area contributed by atoms with E-state index in [0.29, 0.717) is 11.6 Å². The number of nitrogens with zero attached hydrogens (tertiary/aromatic N) is 2. The molecule has 0 saturated heterocycles. The molecule has 1 rings (SSSR count). The number of thioether (sulfide) groups is 1. The average molecular weight is 290 g/mol. The van der Waals surface area contributed by atoms with Crippen molar-refractivity contribution in [2.45, 2.75) is 26.8 Å². The fourth-order valence-corrected chi connectivity index (χ4v) is 2.45. The zero-order valence-corrected chi connectivity index (χ0v) is 12.8. The van der Waals surface area contributed by atoms with E-state index in [4.69, 9.17) is 11.6 Å². The lowest BCUT2D eigenvalue weighted by Gasteiger charge is -2.14. The van der Waals surface area contributed by atoms with E-state index in [0.717, 1.165) is 12.3 Å². The average Bonchev–Trinajstić information content (AvgIpc) is 2.31. The fourth-order valence-electron chi connectivity index (χ4n) is 1.56. The van der Waals surface area contributed by atoms with Crippen LogP contribution in [0.25, 0.3) is 0 Å². The van der Waals surface area contributed by atoms with Crippen molar-refractivity contribution in [1.29, 1.82) is 0 Å². The van der Waals surface area contributed by atoms with E-state index in [-0.39, 0.29) is 16.6 Å². The van der Waals surface area contributed by atoms with E-state index < -0.39 is 0 Å². The summed E-state index contributed by atoms with van der Waals surface area (Å²) in [6.07, 6.45) is 3.70. The molecule has 0 spiro atoms. The van der Waals surface area contributed by atoms with Gasteiger partial charge < -0.3 is 5.32 Å². The molecule has 102 valence electrons. The first-order chi connectivity index (χ1) is 8.47. The Morgan fingerprint density at radius 2 is 2.17 bits per heavy atom. The molecule has 4 nitrogen and oxygen atoms in total. The van der Waals surface area contributed by atoms with Gasteiger partial charge in [-0.2, -0.15) is 16.9 Å². The lowest BCUT2D eigenvalue weighted by molar-refractivity contribution is 0.503. The second-order valence-electron chi connectivity index (χ2n) is 4.66. The maximum absolute atomic E-state index is 11.9. The number of rotatable bonds is 6. The van der Waals surface area contributed by atoms with Crippen LogP contribution in [0.5, 0.6) is 0 Å². The lowest BCUT2D eigenvalue weighted by Crippen LogP contribution is -2.26. The molecule has 0 aliphatic carbocycles. The van der Waals surface area contributed by atoms with E-state index in [2.05, 4.69) is 23.6 Å². The Morgan fingerprint density at radius 1 is 1.50 bits per heavy atom. The third-order valence-corrected chi connectivity index (χ3v) is 3.79. The van der Waals surface area contributed by atoms with E-state index in [9.17, 15) is 4.79 Å². The monoisotopic (exact) mass is 289 g/mol. The van der Waals surface area contributed by atoms with Crippen molar-refractivity contribution in [3.8, 4) is 0 Å². The van der Waals surface area contributed by atoms with Crippen molar-refractivity contribution in [3.05, 3.63) is 21.6 Å². The molecule has 0 aromatic carbocycles. The summed E-state index contributed by atoms with van der Waals surface area (Å²) in [6.45, 7) is 6.74. The number of anilines is 1. The van der Waals surface area contributed by atoms with Crippen molar-refractivity contribution in [1.82, 2.24) is 9.78 Å². The van der Waals surface area contributed by atoms with Crippen LogP contribution in [-0.2, 0) is 0 Å². The maximum atomic E-state index is 11.9. The molecular weight excluding hydrogens is 270 g/mol. The van der Waals surface area contributed by atoms with Gasteiger partial charge in [0.1, 0.15) is 5.02 Å². The van der Waals surface area contributed by atoms with Gasteiger partial charge in [0.2, 0.25) is 0 Å². The minimum atomic E-state index is -0.241. The number of aromatic nitrogens is 2. The normalized spacial score (nSPS) is 12.8. The van der Waals surface area contributed by atoms with Gasteiger partial charge in [0, 0.05) is 6.54 Å². The van der Waals surface area contributed by atoms with E-state index in [1.807, 2.05) is 13.8 Å². The van der Waals surface area contributed by atoms with Crippen LogP contribution >= 0.6 is 23.4 Å². The molecule has 0 aliphatic rings. The molecule has 1 N–H and O–H groups in total. The van der Waals surface area contributed by atoms with Gasteiger partial charge in [-0.25, -0.2) is 4.68 Å². The second-order valence-corrected chi connectivity index (χ2v) is 5.95. The van der Waals surface area contributed by atoms with Gasteiger partial charge in [0.05, 0.1) is 17.9 Å². The highest BCUT2D eigenvalue weighted by Gasteiger charge is 2.11. The van der Waals surface area contributed by atoms with Gasteiger partial charge in [-0.1, -0.05) is 18.5 Å². The van der Waals surface area contributed by atoms with Crippen molar-refractivity contribution < 1.29 is 0 Å². The molecule has 0 fully saturated rings. The van der Waals surface area contributed by atoms with Crippen LogP contribution in [0.1, 0.15) is 26.8 Å². The quantitative estimate of drug-likeness (QED) is 0.875. The van der Waals surface area contributed by atoms with E-state index >= 15 is 0 Å². The number of halogens is 1. The molecule has 18 heavy (non-hydrogen) atoms. The van der Waals surface area contributed by atoms with Crippen molar-refractivity contribution >= 4 is 29.1 Å². The Hall–Kier alpha value is -0.680. The first kappa shape index (κ1) is 15.4. The number of hydrogen-bond donors (Lipinski definition) is 1. The predicted molar refractivity (Wildman–Crippen MR) is 79.9 cm³/mol. The topological polar surface area (TPSA) is 46.9 Å².